The Balaban J connectivity index is 1.40. The maximum atomic E-state index is 14.6. The molecule has 2 aliphatic rings. The largest absolute Gasteiger partial charge is 0.368 e. The molecule has 31 heavy (non-hydrogen) atoms. The molecule has 2 amide bonds. The zero-order valence-electron chi connectivity index (χ0n) is 17.2. The zero-order valence-corrected chi connectivity index (χ0v) is 17.2. The lowest BCUT2D eigenvalue weighted by Crippen LogP contribution is -2.44. The van der Waals surface area contributed by atoms with Crippen LogP contribution >= 0.6 is 0 Å². The Kier molecular flexibility index (Phi) is 6.15. The van der Waals surface area contributed by atoms with E-state index in [-0.39, 0.29) is 23.7 Å². The molecule has 3 heterocycles. The molecule has 1 aromatic heterocycles. The van der Waals surface area contributed by atoms with Crippen LogP contribution in [0.1, 0.15) is 12.8 Å². The smallest absolute Gasteiger partial charge is 0.255 e. The molecular formula is C22H26FN5O3. The summed E-state index contributed by atoms with van der Waals surface area (Å²) in [5.74, 6) is -1.22. The monoisotopic (exact) mass is 427 g/mol. The second kappa shape index (κ2) is 8.99. The highest BCUT2D eigenvalue weighted by Crippen LogP contribution is 2.26. The van der Waals surface area contributed by atoms with E-state index < -0.39 is 23.7 Å². The topological polar surface area (TPSA) is 101 Å². The van der Waals surface area contributed by atoms with E-state index in [0.29, 0.717) is 18.7 Å². The van der Waals surface area contributed by atoms with E-state index in [1.165, 1.54) is 29.2 Å². The summed E-state index contributed by atoms with van der Waals surface area (Å²) >= 11 is 0. The molecule has 0 aliphatic carbocycles. The summed E-state index contributed by atoms with van der Waals surface area (Å²) in [5, 5.41) is 2.56. The number of hydrogen-bond donors (Lipinski definition) is 2. The predicted molar refractivity (Wildman–Crippen MR) is 114 cm³/mol. The number of pyridine rings is 1. The number of carbonyl (C=O) groups is 2. The summed E-state index contributed by atoms with van der Waals surface area (Å²) in [7, 11) is 0. The molecule has 164 valence electrons. The average molecular weight is 427 g/mol. The highest BCUT2D eigenvalue weighted by atomic mass is 19.1. The first-order valence-electron chi connectivity index (χ1n) is 10.4. The Morgan fingerprint density at radius 2 is 2.00 bits per heavy atom. The van der Waals surface area contributed by atoms with Crippen molar-refractivity contribution in [2.45, 2.75) is 18.9 Å². The number of nitrogens with one attached hydrogen (secondary N) is 1. The highest BCUT2D eigenvalue weighted by Gasteiger charge is 2.37. The Morgan fingerprint density at radius 3 is 2.65 bits per heavy atom. The number of likely N-dealkylation sites (tertiary alicyclic amines) is 2. The van der Waals surface area contributed by atoms with Gasteiger partial charge in [0.2, 0.25) is 11.8 Å². The van der Waals surface area contributed by atoms with Crippen molar-refractivity contribution in [3.8, 4) is 5.69 Å². The SMILES string of the molecule is NC(=O)C1C[C@@H](CN2CCC2)CN1CC(=O)Nc1ccc(-n2ccccc2=O)cc1F. The van der Waals surface area contributed by atoms with Gasteiger partial charge in [-0.3, -0.25) is 23.9 Å². The third-order valence-electron chi connectivity index (χ3n) is 5.96. The van der Waals surface area contributed by atoms with Gasteiger partial charge in [0, 0.05) is 31.4 Å². The molecule has 2 atom stereocenters. The van der Waals surface area contributed by atoms with Crippen LogP contribution in [-0.2, 0) is 9.59 Å². The highest BCUT2D eigenvalue weighted by molar-refractivity contribution is 5.93. The summed E-state index contributed by atoms with van der Waals surface area (Å²) < 4.78 is 15.9. The van der Waals surface area contributed by atoms with Crippen LogP contribution in [0.15, 0.2) is 47.4 Å². The fourth-order valence-corrected chi connectivity index (χ4v) is 4.30. The number of rotatable bonds is 7. The lowest BCUT2D eigenvalue weighted by molar-refractivity contribution is -0.123. The van der Waals surface area contributed by atoms with Crippen LogP contribution in [0.3, 0.4) is 0 Å². The number of aromatic nitrogens is 1. The molecule has 4 rings (SSSR count). The van der Waals surface area contributed by atoms with Crippen LogP contribution in [0.4, 0.5) is 10.1 Å². The van der Waals surface area contributed by atoms with Crippen molar-refractivity contribution in [1.29, 1.82) is 0 Å². The quantitative estimate of drug-likeness (QED) is 0.681. The summed E-state index contributed by atoms with van der Waals surface area (Å²) in [6, 6.07) is 8.35. The molecule has 2 aliphatic heterocycles. The molecule has 0 saturated carbocycles. The van der Waals surface area contributed by atoms with Crippen LogP contribution in [-0.4, -0.2) is 64.9 Å². The van der Waals surface area contributed by atoms with Gasteiger partial charge >= 0.3 is 0 Å². The van der Waals surface area contributed by atoms with Gasteiger partial charge in [-0.1, -0.05) is 6.07 Å². The van der Waals surface area contributed by atoms with Gasteiger partial charge in [-0.15, -0.1) is 0 Å². The fourth-order valence-electron chi connectivity index (χ4n) is 4.30. The normalized spacial score (nSPS) is 21.6. The van der Waals surface area contributed by atoms with Gasteiger partial charge in [-0.25, -0.2) is 4.39 Å². The van der Waals surface area contributed by atoms with Crippen molar-refractivity contribution in [1.82, 2.24) is 14.4 Å². The van der Waals surface area contributed by atoms with Crippen LogP contribution in [0.5, 0.6) is 0 Å². The van der Waals surface area contributed by atoms with Gasteiger partial charge in [0.25, 0.3) is 5.56 Å². The van der Waals surface area contributed by atoms with Crippen molar-refractivity contribution in [2.75, 3.05) is 38.0 Å². The van der Waals surface area contributed by atoms with E-state index in [2.05, 4.69) is 10.2 Å². The lowest BCUT2D eigenvalue weighted by atomic mass is 10.0. The molecule has 1 unspecified atom stereocenters. The van der Waals surface area contributed by atoms with Gasteiger partial charge in [0.05, 0.1) is 24.0 Å². The fraction of sp³-hybridized carbons (Fsp3) is 0.409. The molecular weight excluding hydrogens is 401 g/mol. The summed E-state index contributed by atoms with van der Waals surface area (Å²) in [5.41, 5.74) is 5.65. The van der Waals surface area contributed by atoms with Crippen molar-refractivity contribution in [3.05, 3.63) is 58.8 Å². The first-order chi connectivity index (χ1) is 14.9. The molecule has 2 fully saturated rings. The van der Waals surface area contributed by atoms with Gasteiger partial charge < -0.3 is 16.0 Å². The average Bonchev–Trinajstić information content (AvgIpc) is 3.09. The van der Waals surface area contributed by atoms with Crippen LogP contribution in [0.2, 0.25) is 0 Å². The second-order valence-corrected chi connectivity index (χ2v) is 8.22. The number of primary amides is 1. The molecule has 2 aromatic rings. The number of amides is 2. The van der Waals surface area contributed by atoms with E-state index in [9.17, 15) is 18.8 Å². The van der Waals surface area contributed by atoms with Crippen molar-refractivity contribution >= 4 is 17.5 Å². The van der Waals surface area contributed by atoms with Crippen molar-refractivity contribution in [2.24, 2.45) is 11.7 Å². The second-order valence-electron chi connectivity index (χ2n) is 8.22. The number of hydrogen-bond acceptors (Lipinski definition) is 5. The summed E-state index contributed by atoms with van der Waals surface area (Å²) in [6.07, 6.45) is 3.37. The van der Waals surface area contributed by atoms with Gasteiger partial charge in [-0.05, 0) is 50.0 Å². The molecule has 1 aromatic carbocycles. The minimum absolute atomic E-state index is 0.0182. The molecule has 0 spiro atoms. The minimum atomic E-state index is -0.648. The predicted octanol–water partition coefficient (Wildman–Crippen LogP) is 0.797. The Bertz CT molecular complexity index is 1040. The van der Waals surface area contributed by atoms with E-state index in [0.717, 1.165) is 19.6 Å². The summed E-state index contributed by atoms with van der Waals surface area (Å²) in [4.78, 5) is 40.4. The maximum absolute atomic E-state index is 14.6. The Labute approximate surface area is 179 Å². The molecule has 0 radical (unpaired) electrons. The van der Waals surface area contributed by atoms with E-state index >= 15 is 0 Å². The number of nitrogens with two attached hydrogens (primary N) is 1. The van der Waals surface area contributed by atoms with E-state index in [1.54, 1.807) is 29.3 Å². The third kappa shape index (κ3) is 4.83. The Hall–Kier alpha value is -3.04. The van der Waals surface area contributed by atoms with Crippen molar-refractivity contribution in [3.63, 3.8) is 0 Å². The number of halogens is 1. The first kappa shape index (κ1) is 21.2. The standard InChI is InChI=1S/C22H26FN5O3/c23-17-11-16(28-9-2-1-4-21(28)30)5-6-18(17)25-20(29)14-27-13-15(10-19(27)22(24)31)12-26-7-3-8-26/h1-2,4-6,9,11,15,19H,3,7-8,10,12-14H2,(H2,24,31)(H,25,29)/t15-,19?/m0/s1. The van der Waals surface area contributed by atoms with E-state index in [4.69, 9.17) is 5.73 Å². The summed E-state index contributed by atoms with van der Waals surface area (Å²) in [6.45, 7) is 3.61. The van der Waals surface area contributed by atoms with Crippen LogP contribution < -0.4 is 16.6 Å². The molecule has 2 saturated heterocycles. The van der Waals surface area contributed by atoms with Gasteiger partial charge in [0.1, 0.15) is 5.82 Å². The molecule has 9 heteroatoms. The Morgan fingerprint density at radius 1 is 1.19 bits per heavy atom. The van der Waals surface area contributed by atoms with E-state index in [1.807, 2.05) is 0 Å². The third-order valence-corrected chi connectivity index (χ3v) is 5.96. The molecule has 8 nitrogen and oxygen atoms in total. The number of carbonyl (C=O) groups excluding carboxylic acids is 2. The molecule has 3 N–H and O–H groups in total. The lowest BCUT2D eigenvalue weighted by Gasteiger charge is -2.32. The first-order valence-corrected chi connectivity index (χ1v) is 10.4. The number of benzene rings is 1. The van der Waals surface area contributed by atoms with Gasteiger partial charge in [-0.2, -0.15) is 0 Å². The van der Waals surface area contributed by atoms with Crippen molar-refractivity contribution < 1.29 is 14.0 Å². The van der Waals surface area contributed by atoms with Gasteiger partial charge in [0.15, 0.2) is 0 Å². The zero-order chi connectivity index (χ0) is 22.0. The maximum Gasteiger partial charge on any atom is 0.255 e. The van der Waals surface area contributed by atoms with Crippen LogP contribution in [0, 0.1) is 11.7 Å². The molecule has 0 bridgehead atoms. The number of anilines is 1. The number of nitrogens with zero attached hydrogens (tertiary/aromatic N) is 3. The minimum Gasteiger partial charge on any atom is -0.368 e. The van der Waals surface area contributed by atoms with Crippen LogP contribution in [0.25, 0.3) is 5.69 Å².